The minimum Gasteiger partial charge on any atom is -0.399 e. The van der Waals surface area contributed by atoms with Crippen molar-refractivity contribution in [3.05, 3.63) is 54.3 Å². The van der Waals surface area contributed by atoms with Crippen molar-refractivity contribution in [2.75, 3.05) is 23.4 Å². The van der Waals surface area contributed by atoms with Crippen LogP contribution >= 0.6 is 0 Å². The average Bonchev–Trinajstić information content (AvgIpc) is 2.47. The van der Waals surface area contributed by atoms with E-state index in [1.54, 1.807) is 31.3 Å². The van der Waals surface area contributed by atoms with Crippen LogP contribution in [0.25, 0.3) is 0 Å². The van der Waals surface area contributed by atoms with Gasteiger partial charge < -0.3 is 10.6 Å². The molecule has 0 aliphatic carbocycles. The number of nitrogens with two attached hydrogens (primary N) is 1. The van der Waals surface area contributed by atoms with Gasteiger partial charge in [-0.1, -0.05) is 6.07 Å². The molecular formula is C15H15FN2O2S. The summed E-state index contributed by atoms with van der Waals surface area (Å²) in [5, 5.41) is 0. The Morgan fingerprint density at radius 2 is 1.90 bits per heavy atom. The highest BCUT2D eigenvalue weighted by molar-refractivity contribution is 7.85. The second-order valence-electron chi connectivity index (χ2n) is 4.49. The van der Waals surface area contributed by atoms with E-state index in [0.29, 0.717) is 16.3 Å². The minimum atomic E-state index is -1.58. The standard InChI is InChI=1S/C15H15FN2O2S/c1-18(13-7-5-12(17)6-8-13)15(19)10-21(20)14-4-2-3-11(16)9-14/h2-9H,10,17H2,1H3. The summed E-state index contributed by atoms with van der Waals surface area (Å²) in [4.78, 5) is 13.8. The first-order valence-electron chi connectivity index (χ1n) is 6.23. The average molecular weight is 306 g/mol. The van der Waals surface area contributed by atoms with Gasteiger partial charge in [0.25, 0.3) is 0 Å². The first-order valence-corrected chi connectivity index (χ1v) is 7.55. The Kier molecular flexibility index (Phi) is 4.70. The molecule has 0 spiro atoms. The van der Waals surface area contributed by atoms with Crippen molar-refractivity contribution >= 4 is 28.1 Å². The van der Waals surface area contributed by atoms with Crippen molar-refractivity contribution in [3.8, 4) is 0 Å². The second kappa shape index (κ2) is 6.49. The van der Waals surface area contributed by atoms with Crippen molar-refractivity contribution < 1.29 is 13.4 Å². The topological polar surface area (TPSA) is 63.4 Å². The molecule has 0 radical (unpaired) electrons. The van der Waals surface area contributed by atoms with Crippen molar-refractivity contribution in [2.45, 2.75) is 4.90 Å². The van der Waals surface area contributed by atoms with Gasteiger partial charge in [-0.15, -0.1) is 0 Å². The molecule has 0 aromatic heterocycles. The predicted octanol–water partition coefficient (Wildman–Crippen LogP) is 2.18. The fraction of sp³-hybridized carbons (Fsp3) is 0.133. The molecule has 0 bridgehead atoms. The maximum atomic E-state index is 13.1. The van der Waals surface area contributed by atoms with Crippen molar-refractivity contribution in [1.82, 2.24) is 0 Å². The molecule has 110 valence electrons. The number of anilines is 2. The lowest BCUT2D eigenvalue weighted by atomic mass is 10.2. The largest absolute Gasteiger partial charge is 0.399 e. The minimum absolute atomic E-state index is 0.204. The predicted molar refractivity (Wildman–Crippen MR) is 81.9 cm³/mol. The zero-order chi connectivity index (χ0) is 15.4. The van der Waals surface area contributed by atoms with E-state index >= 15 is 0 Å². The molecule has 0 aliphatic rings. The van der Waals surface area contributed by atoms with E-state index in [0.717, 1.165) is 0 Å². The van der Waals surface area contributed by atoms with Crippen LogP contribution in [0.3, 0.4) is 0 Å². The van der Waals surface area contributed by atoms with Crippen LogP contribution in [0.15, 0.2) is 53.4 Å². The van der Waals surface area contributed by atoms with E-state index in [1.165, 1.54) is 29.2 Å². The van der Waals surface area contributed by atoms with Gasteiger partial charge in [0.15, 0.2) is 0 Å². The van der Waals surface area contributed by atoms with Gasteiger partial charge in [-0.25, -0.2) is 4.39 Å². The summed E-state index contributed by atoms with van der Waals surface area (Å²) < 4.78 is 25.2. The van der Waals surface area contributed by atoms with E-state index in [9.17, 15) is 13.4 Å². The zero-order valence-electron chi connectivity index (χ0n) is 11.5. The van der Waals surface area contributed by atoms with Gasteiger partial charge in [-0.3, -0.25) is 9.00 Å². The maximum Gasteiger partial charge on any atom is 0.239 e. The molecule has 4 nitrogen and oxygen atoms in total. The summed E-state index contributed by atoms with van der Waals surface area (Å²) in [7, 11) is 0.0155. The molecule has 1 amide bonds. The molecule has 1 atom stereocenters. The van der Waals surface area contributed by atoms with Gasteiger partial charge in [-0.05, 0) is 42.5 Å². The number of nitrogen functional groups attached to an aromatic ring is 1. The van der Waals surface area contributed by atoms with Crippen molar-refractivity contribution in [3.63, 3.8) is 0 Å². The summed E-state index contributed by atoms with van der Waals surface area (Å²) in [6.07, 6.45) is 0. The lowest BCUT2D eigenvalue weighted by Gasteiger charge is -2.17. The van der Waals surface area contributed by atoms with Gasteiger partial charge in [0, 0.05) is 23.3 Å². The summed E-state index contributed by atoms with van der Waals surface area (Å²) in [5.74, 6) is -0.993. The van der Waals surface area contributed by atoms with Gasteiger partial charge in [0.1, 0.15) is 11.6 Å². The van der Waals surface area contributed by atoms with E-state index in [-0.39, 0.29) is 11.7 Å². The quantitative estimate of drug-likeness (QED) is 0.881. The van der Waals surface area contributed by atoms with Crippen molar-refractivity contribution in [1.29, 1.82) is 0 Å². The van der Waals surface area contributed by atoms with E-state index in [1.807, 2.05) is 0 Å². The number of carbonyl (C=O) groups is 1. The van der Waals surface area contributed by atoms with Gasteiger partial charge in [-0.2, -0.15) is 0 Å². The number of benzene rings is 2. The first kappa shape index (κ1) is 15.2. The summed E-state index contributed by atoms with van der Waals surface area (Å²) in [6, 6.07) is 12.2. The third-order valence-electron chi connectivity index (χ3n) is 2.97. The lowest BCUT2D eigenvalue weighted by molar-refractivity contribution is -0.115. The van der Waals surface area contributed by atoms with E-state index in [2.05, 4.69) is 0 Å². The van der Waals surface area contributed by atoms with Gasteiger partial charge in [0.05, 0.1) is 10.8 Å². The van der Waals surface area contributed by atoms with Crippen LogP contribution in [-0.4, -0.2) is 22.9 Å². The molecule has 0 saturated carbocycles. The Hall–Kier alpha value is -2.21. The van der Waals surface area contributed by atoms with Crippen LogP contribution in [0.4, 0.5) is 15.8 Å². The molecule has 0 heterocycles. The van der Waals surface area contributed by atoms with Gasteiger partial charge in [0.2, 0.25) is 5.91 Å². The van der Waals surface area contributed by atoms with Crippen LogP contribution in [0.2, 0.25) is 0 Å². The number of nitrogens with zero attached hydrogens (tertiary/aromatic N) is 1. The van der Waals surface area contributed by atoms with Crippen LogP contribution in [0, 0.1) is 5.82 Å². The Bertz CT molecular complexity index is 674. The number of amides is 1. The Balaban J connectivity index is 2.07. The number of hydrogen-bond acceptors (Lipinski definition) is 3. The van der Waals surface area contributed by atoms with Crippen LogP contribution < -0.4 is 10.6 Å². The van der Waals surface area contributed by atoms with Crippen LogP contribution in [0.5, 0.6) is 0 Å². The summed E-state index contributed by atoms with van der Waals surface area (Å²) in [5.41, 5.74) is 6.84. The molecule has 0 saturated heterocycles. The Labute approximate surface area is 124 Å². The zero-order valence-corrected chi connectivity index (χ0v) is 12.3. The van der Waals surface area contributed by atoms with E-state index in [4.69, 9.17) is 5.73 Å². The Morgan fingerprint density at radius 3 is 2.52 bits per heavy atom. The third kappa shape index (κ3) is 3.88. The third-order valence-corrected chi connectivity index (χ3v) is 4.26. The fourth-order valence-electron chi connectivity index (χ4n) is 1.74. The Morgan fingerprint density at radius 1 is 1.24 bits per heavy atom. The number of hydrogen-bond donors (Lipinski definition) is 1. The summed E-state index contributed by atoms with van der Waals surface area (Å²) >= 11 is 0. The highest BCUT2D eigenvalue weighted by Gasteiger charge is 2.16. The highest BCUT2D eigenvalue weighted by atomic mass is 32.2. The molecule has 0 fully saturated rings. The lowest BCUT2D eigenvalue weighted by Crippen LogP contribution is -2.30. The fourth-order valence-corrected chi connectivity index (χ4v) is 2.80. The molecule has 1 unspecified atom stereocenters. The number of carbonyl (C=O) groups excluding carboxylic acids is 1. The van der Waals surface area contributed by atoms with E-state index < -0.39 is 16.6 Å². The molecule has 2 aromatic carbocycles. The highest BCUT2D eigenvalue weighted by Crippen LogP contribution is 2.16. The SMILES string of the molecule is CN(C(=O)CS(=O)c1cccc(F)c1)c1ccc(N)cc1. The number of rotatable bonds is 4. The molecule has 2 aromatic rings. The molecule has 0 aliphatic heterocycles. The van der Waals surface area contributed by atoms with Crippen LogP contribution in [0.1, 0.15) is 0 Å². The molecule has 6 heteroatoms. The van der Waals surface area contributed by atoms with Crippen LogP contribution in [-0.2, 0) is 15.6 Å². The monoisotopic (exact) mass is 306 g/mol. The smallest absolute Gasteiger partial charge is 0.239 e. The molecular weight excluding hydrogens is 291 g/mol. The molecule has 2 N–H and O–H groups in total. The first-order chi connectivity index (χ1) is 9.97. The molecule has 2 rings (SSSR count). The maximum absolute atomic E-state index is 13.1. The second-order valence-corrected chi connectivity index (χ2v) is 5.94. The van der Waals surface area contributed by atoms with Crippen molar-refractivity contribution in [2.24, 2.45) is 0 Å². The number of halogens is 1. The molecule has 21 heavy (non-hydrogen) atoms. The normalized spacial score (nSPS) is 11.9. The summed E-state index contributed by atoms with van der Waals surface area (Å²) in [6.45, 7) is 0. The van der Waals surface area contributed by atoms with Gasteiger partial charge >= 0.3 is 0 Å².